The van der Waals surface area contributed by atoms with Gasteiger partial charge in [-0.3, -0.25) is 0 Å². The van der Waals surface area contributed by atoms with Gasteiger partial charge in [0, 0.05) is 29.7 Å². The fraction of sp³-hybridized carbons (Fsp3) is 0.400. The standard InChI is InChI=1S/C20H26N6/c1-2-13-4-3-5-16(12-13)24-18-17(14-6-8-15(21)9-7-14)19(22)25-26-11-10-23-20(18)26/h3-5,10-12,14-15,24H,2,6-9,21H2,1H3,(H2,22,25)/t14-,15-. The Morgan fingerprint density at radius 3 is 2.81 bits per heavy atom. The lowest BCUT2D eigenvalue weighted by Gasteiger charge is -2.28. The van der Waals surface area contributed by atoms with Crippen LogP contribution in [0.2, 0.25) is 0 Å². The van der Waals surface area contributed by atoms with Crippen LogP contribution in [-0.4, -0.2) is 20.6 Å². The van der Waals surface area contributed by atoms with E-state index in [1.165, 1.54) is 5.56 Å². The molecule has 1 aliphatic carbocycles. The molecule has 6 heteroatoms. The zero-order valence-electron chi connectivity index (χ0n) is 15.2. The van der Waals surface area contributed by atoms with Gasteiger partial charge in [0.15, 0.2) is 5.65 Å². The monoisotopic (exact) mass is 350 g/mol. The SMILES string of the molecule is CCc1cccc(Nc2c3nccn3nc(N)c2[C@H]2CC[C@H](N)CC2)c1. The Morgan fingerprint density at radius 2 is 2.04 bits per heavy atom. The summed E-state index contributed by atoms with van der Waals surface area (Å²) < 4.78 is 1.75. The van der Waals surface area contributed by atoms with Crippen molar-refractivity contribution in [3.8, 4) is 0 Å². The maximum Gasteiger partial charge on any atom is 0.177 e. The highest BCUT2D eigenvalue weighted by molar-refractivity contribution is 5.80. The topological polar surface area (TPSA) is 94.3 Å². The van der Waals surface area contributed by atoms with E-state index in [9.17, 15) is 0 Å². The minimum atomic E-state index is 0.299. The van der Waals surface area contributed by atoms with Crippen molar-refractivity contribution in [1.29, 1.82) is 0 Å². The van der Waals surface area contributed by atoms with Crippen LogP contribution in [0, 0.1) is 0 Å². The summed E-state index contributed by atoms with van der Waals surface area (Å²) in [5.41, 5.74) is 17.7. The van der Waals surface area contributed by atoms with Crippen LogP contribution in [0.5, 0.6) is 0 Å². The highest BCUT2D eigenvalue weighted by atomic mass is 15.3. The van der Waals surface area contributed by atoms with Crippen LogP contribution in [0.15, 0.2) is 36.7 Å². The maximum absolute atomic E-state index is 6.39. The van der Waals surface area contributed by atoms with E-state index in [1.807, 2.05) is 6.20 Å². The smallest absolute Gasteiger partial charge is 0.177 e. The molecule has 0 atom stereocenters. The summed E-state index contributed by atoms with van der Waals surface area (Å²) in [6.07, 6.45) is 8.71. The number of hydrogen-bond acceptors (Lipinski definition) is 5. The predicted molar refractivity (Wildman–Crippen MR) is 106 cm³/mol. The van der Waals surface area contributed by atoms with Crippen molar-refractivity contribution >= 4 is 22.8 Å². The van der Waals surface area contributed by atoms with Gasteiger partial charge in [-0.15, -0.1) is 5.10 Å². The van der Waals surface area contributed by atoms with Gasteiger partial charge >= 0.3 is 0 Å². The quantitative estimate of drug-likeness (QED) is 0.668. The van der Waals surface area contributed by atoms with Crippen LogP contribution < -0.4 is 16.8 Å². The maximum atomic E-state index is 6.39. The Balaban J connectivity index is 1.80. The first-order chi connectivity index (χ1) is 12.7. The number of benzene rings is 1. The van der Waals surface area contributed by atoms with Crippen molar-refractivity contribution in [2.24, 2.45) is 5.73 Å². The minimum Gasteiger partial charge on any atom is -0.382 e. The number of hydrogen-bond donors (Lipinski definition) is 3. The van der Waals surface area contributed by atoms with E-state index >= 15 is 0 Å². The number of imidazole rings is 1. The van der Waals surface area contributed by atoms with Gasteiger partial charge in [0.25, 0.3) is 0 Å². The van der Waals surface area contributed by atoms with E-state index in [0.717, 1.165) is 54.7 Å². The number of aromatic nitrogens is 3. The van der Waals surface area contributed by atoms with Crippen LogP contribution >= 0.6 is 0 Å². The molecule has 1 fully saturated rings. The summed E-state index contributed by atoms with van der Waals surface area (Å²) in [4.78, 5) is 4.53. The van der Waals surface area contributed by atoms with Gasteiger partial charge in [-0.25, -0.2) is 9.50 Å². The summed E-state index contributed by atoms with van der Waals surface area (Å²) in [5, 5.41) is 8.12. The number of nitrogen functional groups attached to an aromatic ring is 1. The summed E-state index contributed by atoms with van der Waals surface area (Å²) in [6.45, 7) is 2.16. The summed E-state index contributed by atoms with van der Waals surface area (Å²) in [6, 6.07) is 8.77. The second-order valence-electron chi connectivity index (χ2n) is 7.16. The molecule has 2 aromatic heterocycles. The zero-order chi connectivity index (χ0) is 18.1. The van der Waals surface area contributed by atoms with Gasteiger partial charge in [-0.1, -0.05) is 19.1 Å². The van der Waals surface area contributed by atoms with Gasteiger partial charge < -0.3 is 16.8 Å². The van der Waals surface area contributed by atoms with E-state index in [0.29, 0.717) is 17.8 Å². The Bertz CT molecular complexity index is 908. The number of nitrogens with two attached hydrogens (primary N) is 2. The molecule has 26 heavy (non-hydrogen) atoms. The molecule has 5 N–H and O–H groups in total. The van der Waals surface area contributed by atoms with E-state index < -0.39 is 0 Å². The molecule has 0 spiro atoms. The zero-order valence-corrected chi connectivity index (χ0v) is 15.2. The molecule has 1 aliphatic rings. The van der Waals surface area contributed by atoms with Crippen molar-refractivity contribution in [3.05, 3.63) is 47.8 Å². The summed E-state index contributed by atoms with van der Waals surface area (Å²) in [7, 11) is 0. The molecule has 0 amide bonds. The summed E-state index contributed by atoms with van der Waals surface area (Å²) in [5.74, 6) is 0.936. The van der Waals surface area contributed by atoms with Crippen molar-refractivity contribution in [2.75, 3.05) is 11.1 Å². The number of nitrogens with zero attached hydrogens (tertiary/aromatic N) is 3. The van der Waals surface area contributed by atoms with E-state index in [-0.39, 0.29) is 0 Å². The number of rotatable bonds is 4. The first-order valence-corrected chi connectivity index (χ1v) is 9.40. The lowest BCUT2D eigenvalue weighted by molar-refractivity contribution is 0.396. The molecule has 0 radical (unpaired) electrons. The molecule has 4 rings (SSSR count). The van der Waals surface area contributed by atoms with E-state index in [1.54, 1.807) is 10.7 Å². The van der Waals surface area contributed by atoms with E-state index in [2.05, 4.69) is 46.6 Å². The van der Waals surface area contributed by atoms with Gasteiger partial charge in [0.05, 0.1) is 5.69 Å². The van der Waals surface area contributed by atoms with Crippen LogP contribution in [0.25, 0.3) is 5.65 Å². The minimum absolute atomic E-state index is 0.299. The Hall–Kier alpha value is -2.60. The third kappa shape index (κ3) is 3.12. The predicted octanol–water partition coefficient (Wildman–Crippen LogP) is 3.60. The van der Waals surface area contributed by atoms with Crippen molar-refractivity contribution in [3.63, 3.8) is 0 Å². The van der Waals surface area contributed by atoms with E-state index in [4.69, 9.17) is 11.5 Å². The molecule has 2 heterocycles. The van der Waals surface area contributed by atoms with Crippen molar-refractivity contribution < 1.29 is 0 Å². The fourth-order valence-corrected chi connectivity index (χ4v) is 3.93. The molecule has 6 nitrogen and oxygen atoms in total. The first-order valence-electron chi connectivity index (χ1n) is 9.40. The number of aryl methyl sites for hydroxylation is 1. The Kier molecular flexibility index (Phi) is 4.51. The lowest BCUT2D eigenvalue weighted by Crippen LogP contribution is -2.26. The van der Waals surface area contributed by atoms with Crippen molar-refractivity contribution in [2.45, 2.75) is 51.0 Å². The van der Waals surface area contributed by atoms with Crippen LogP contribution in [-0.2, 0) is 6.42 Å². The normalized spacial score (nSPS) is 20.4. The van der Waals surface area contributed by atoms with Gasteiger partial charge in [-0.05, 0) is 55.7 Å². The molecular weight excluding hydrogens is 324 g/mol. The molecule has 0 bridgehead atoms. The molecular formula is C20H26N6. The average molecular weight is 350 g/mol. The molecule has 0 unspecified atom stereocenters. The third-order valence-electron chi connectivity index (χ3n) is 5.39. The van der Waals surface area contributed by atoms with Gasteiger partial charge in [-0.2, -0.15) is 0 Å². The molecule has 3 aromatic rings. The summed E-state index contributed by atoms with van der Waals surface area (Å²) >= 11 is 0. The number of nitrogens with one attached hydrogen (secondary N) is 1. The number of anilines is 3. The Labute approximate surface area is 153 Å². The van der Waals surface area contributed by atoms with Crippen LogP contribution in [0.3, 0.4) is 0 Å². The fourth-order valence-electron chi connectivity index (χ4n) is 3.93. The second kappa shape index (κ2) is 6.96. The Morgan fingerprint density at radius 1 is 1.23 bits per heavy atom. The van der Waals surface area contributed by atoms with Crippen molar-refractivity contribution in [1.82, 2.24) is 14.6 Å². The molecule has 1 aromatic carbocycles. The second-order valence-corrected chi connectivity index (χ2v) is 7.16. The van der Waals surface area contributed by atoms with Crippen LogP contribution in [0.1, 0.15) is 49.7 Å². The molecule has 0 saturated heterocycles. The highest BCUT2D eigenvalue weighted by Crippen LogP contribution is 2.41. The van der Waals surface area contributed by atoms with Gasteiger partial charge in [0.2, 0.25) is 0 Å². The third-order valence-corrected chi connectivity index (χ3v) is 5.39. The molecule has 136 valence electrons. The van der Waals surface area contributed by atoms with Gasteiger partial charge in [0.1, 0.15) is 5.82 Å². The first kappa shape index (κ1) is 16.8. The van der Waals surface area contributed by atoms with Crippen LogP contribution in [0.4, 0.5) is 17.2 Å². The molecule has 0 aliphatic heterocycles. The lowest BCUT2D eigenvalue weighted by atomic mass is 9.81. The number of fused-ring (bicyclic) bond motifs is 1. The molecule has 1 saturated carbocycles. The average Bonchev–Trinajstić information content (AvgIpc) is 3.11. The highest BCUT2D eigenvalue weighted by Gasteiger charge is 2.27. The largest absolute Gasteiger partial charge is 0.382 e.